The van der Waals surface area contributed by atoms with Crippen molar-refractivity contribution >= 4 is 27.7 Å². The van der Waals surface area contributed by atoms with E-state index in [4.69, 9.17) is 0 Å². The van der Waals surface area contributed by atoms with E-state index in [0.717, 1.165) is 23.7 Å². The topological polar surface area (TPSA) is 42.0 Å². The highest BCUT2D eigenvalue weighted by Crippen LogP contribution is 2.26. The lowest BCUT2D eigenvalue weighted by atomic mass is 9.83. The summed E-state index contributed by atoms with van der Waals surface area (Å²) in [7, 11) is 0. The normalized spacial score (nSPS) is 17.4. The molecule has 0 fully saturated rings. The first-order valence-corrected chi connectivity index (χ1v) is 7.51. The number of nitrogens with one attached hydrogen (secondary N) is 1. The summed E-state index contributed by atoms with van der Waals surface area (Å²) < 4.78 is 0.905. The maximum absolute atomic E-state index is 12.3. The number of anilines is 1. The molecule has 1 unspecified atom stereocenters. The van der Waals surface area contributed by atoms with Crippen LogP contribution in [0.25, 0.3) is 0 Å². The lowest BCUT2D eigenvalue weighted by Crippen LogP contribution is -2.28. The SMILES string of the molecule is O=C(Nc1ccc(Br)cn1)C1CCc2ccccc2C1. The molecule has 0 saturated heterocycles. The number of carbonyl (C=O) groups is 1. The molecule has 0 saturated carbocycles. The van der Waals surface area contributed by atoms with Crippen LogP contribution in [0.1, 0.15) is 17.5 Å². The lowest BCUT2D eigenvalue weighted by Gasteiger charge is -2.23. The van der Waals surface area contributed by atoms with Crippen molar-refractivity contribution < 1.29 is 4.79 Å². The van der Waals surface area contributed by atoms with Crippen molar-refractivity contribution in [1.82, 2.24) is 4.98 Å². The number of carbonyl (C=O) groups excluding carboxylic acids is 1. The Bertz CT molecular complexity index is 625. The van der Waals surface area contributed by atoms with Gasteiger partial charge in [0.1, 0.15) is 5.82 Å². The minimum absolute atomic E-state index is 0.0374. The maximum atomic E-state index is 12.3. The number of rotatable bonds is 2. The van der Waals surface area contributed by atoms with E-state index < -0.39 is 0 Å². The molecule has 1 amide bonds. The van der Waals surface area contributed by atoms with E-state index in [1.165, 1.54) is 11.1 Å². The van der Waals surface area contributed by atoms with E-state index in [2.05, 4.69) is 44.4 Å². The second-order valence-electron chi connectivity index (χ2n) is 5.06. The highest BCUT2D eigenvalue weighted by molar-refractivity contribution is 9.10. The monoisotopic (exact) mass is 330 g/mol. The highest BCUT2D eigenvalue weighted by atomic mass is 79.9. The first kappa shape index (κ1) is 13.3. The number of amides is 1. The first-order chi connectivity index (χ1) is 9.72. The molecule has 0 radical (unpaired) electrons. The van der Waals surface area contributed by atoms with Crippen LogP contribution in [0.4, 0.5) is 5.82 Å². The largest absolute Gasteiger partial charge is 0.310 e. The minimum Gasteiger partial charge on any atom is -0.310 e. The number of hydrogen-bond donors (Lipinski definition) is 1. The number of hydrogen-bond acceptors (Lipinski definition) is 2. The molecule has 0 spiro atoms. The Morgan fingerprint density at radius 3 is 2.75 bits per heavy atom. The molecule has 2 aromatic rings. The van der Waals surface area contributed by atoms with Crippen molar-refractivity contribution in [3.8, 4) is 0 Å². The summed E-state index contributed by atoms with van der Waals surface area (Å²) in [6.07, 6.45) is 4.38. The van der Waals surface area contributed by atoms with Crippen molar-refractivity contribution in [2.45, 2.75) is 19.3 Å². The Labute approximate surface area is 126 Å². The predicted octanol–water partition coefficient (Wildman–Crippen LogP) is 3.59. The van der Waals surface area contributed by atoms with E-state index in [1.807, 2.05) is 12.1 Å². The zero-order chi connectivity index (χ0) is 13.9. The van der Waals surface area contributed by atoms with Gasteiger partial charge in [-0.2, -0.15) is 0 Å². The Kier molecular flexibility index (Phi) is 3.83. The fraction of sp³-hybridized carbons (Fsp3) is 0.250. The molecular formula is C16H15BrN2O. The fourth-order valence-electron chi connectivity index (χ4n) is 2.60. The van der Waals surface area contributed by atoms with Crippen LogP contribution in [0.2, 0.25) is 0 Å². The number of aryl methyl sites for hydroxylation is 1. The van der Waals surface area contributed by atoms with Crippen molar-refractivity contribution in [3.63, 3.8) is 0 Å². The first-order valence-electron chi connectivity index (χ1n) is 6.71. The van der Waals surface area contributed by atoms with E-state index in [9.17, 15) is 4.79 Å². The van der Waals surface area contributed by atoms with Crippen LogP contribution >= 0.6 is 15.9 Å². The second-order valence-corrected chi connectivity index (χ2v) is 5.98. The molecule has 102 valence electrons. The van der Waals surface area contributed by atoms with Gasteiger partial charge in [0, 0.05) is 16.6 Å². The molecule has 1 aliphatic carbocycles. The molecule has 1 atom stereocenters. The zero-order valence-corrected chi connectivity index (χ0v) is 12.6. The van der Waals surface area contributed by atoms with Crippen molar-refractivity contribution in [1.29, 1.82) is 0 Å². The number of pyridine rings is 1. The van der Waals surface area contributed by atoms with Crippen molar-refractivity contribution in [2.75, 3.05) is 5.32 Å². The third kappa shape index (κ3) is 2.90. The second kappa shape index (κ2) is 5.75. The van der Waals surface area contributed by atoms with Crippen LogP contribution < -0.4 is 5.32 Å². The Morgan fingerprint density at radius 2 is 2.00 bits per heavy atom. The van der Waals surface area contributed by atoms with Crippen molar-refractivity contribution in [3.05, 3.63) is 58.2 Å². The Morgan fingerprint density at radius 1 is 1.20 bits per heavy atom. The molecule has 1 aromatic heterocycles. The van der Waals surface area contributed by atoms with Gasteiger partial charge in [0.05, 0.1) is 0 Å². The molecular weight excluding hydrogens is 316 g/mol. The average Bonchev–Trinajstić information content (AvgIpc) is 2.49. The minimum atomic E-state index is 0.0374. The number of halogens is 1. The van der Waals surface area contributed by atoms with Crippen LogP contribution in [0, 0.1) is 5.92 Å². The summed E-state index contributed by atoms with van der Waals surface area (Å²) in [6.45, 7) is 0. The van der Waals surface area contributed by atoms with Gasteiger partial charge in [-0.3, -0.25) is 4.79 Å². The summed E-state index contributed by atoms with van der Waals surface area (Å²) in [5.74, 6) is 0.710. The number of aromatic nitrogens is 1. The van der Waals surface area contributed by atoms with Gasteiger partial charge >= 0.3 is 0 Å². The summed E-state index contributed by atoms with van der Waals surface area (Å²) in [5, 5.41) is 2.90. The Balaban J connectivity index is 1.68. The molecule has 20 heavy (non-hydrogen) atoms. The van der Waals surface area contributed by atoms with Crippen LogP contribution in [0.15, 0.2) is 47.1 Å². The van der Waals surface area contributed by atoms with Gasteiger partial charge < -0.3 is 5.32 Å². The zero-order valence-electron chi connectivity index (χ0n) is 11.0. The molecule has 0 aliphatic heterocycles. The smallest absolute Gasteiger partial charge is 0.228 e. The van der Waals surface area contributed by atoms with Gasteiger partial charge in [-0.25, -0.2) is 4.98 Å². The van der Waals surface area contributed by atoms with Gasteiger partial charge in [-0.05, 0) is 58.5 Å². The van der Waals surface area contributed by atoms with Gasteiger partial charge in [0.2, 0.25) is 5.91 Å². The molecule has 1 aliphatic rings. The van der Waals surface area contributed by atoms with E-state index >= 15 is 0 Å². The quantitative estimate of drug-likeness (QED) is 0.914. The van der Waals surface area contributed by atoms with Crippen LogP contribution in [0.5, 0.6) is 0 Å². The summed E-state index contributed by atoms with van der Waals surface area (Å²) >= 11 is 3.33. The van der Waals surface area contributed by atoms with Gasteiger partial charge in [0.25, 0.3) is 0 Å². The molecule has 3 nitrogen and oxygen atoms in total. The molecule has 0 bridgehead atoms. The molecule has 1 heterocycles. The molecule has 3 rings (SSSR count). The number of nitrogens with zero attached hydrogens (tertiary/aromatic N) is 1. The third-order valence-corrected chi connectivity index (χ3v) is 4.17. The number of fused-ring (bicyclic) bond motifs is 1. The lowest BCUT2D eigenvalue weighted by molar-refractivity contribution is -0.120. The molecule has 4 heteroatoms. The molecule has 1 N–H and O–H groups in total. The van der Waals surface area contributed by atoms with Gasteiger partial charge in [-0.1, -0.05) is 24.3 Å². The van der Waals surface area contributed by atoms with Gasteiger partial charge in [0.15, 0.2) is 0 Å². The standard InChI is InChI=1S/C16H15BrN2O/c17-14-7-8-15(18-10-14)19-16(20)13-6-5-11-3-1-2-4-12(11)9-13/h1-4,7-8,10,13H,5-6,9H2,(H,18,19,20). The molecule has 1 aromatic carbocycles. The number of benzene rings is 1. The Hall–Kier alpha value is -1.68. The fourth-order valence-corrected chi connectivity index (χ4v) is 2.83. The van der Waals surface area contributed by atoms with Crippen LogP contribution in [0.3, 0.4) is 0 Å². The maximum Gasteiger partial charge on any atom is 0.228 e. The summed E-state index contributed by atoms with van der Waals surface area (Å²) in [5.41, 5.74) is 2.67. The summed E-state index contributed by atoms with van der Waals surface area (Å²) in [6, 6.07) is 12.0. The van der Waals surface area contributed by atoms with E-state index in [0.29, 0.717) is 5.82 Å². The van der Waals surface area contributed by atoms with E-state index in [1.54, 1.807) is 12.3 Å². The predicted molar refractivity (Wildman–Crippen MR) is 82.5 cm³/mol. The average molecular weight is 331 g/mol. The summed E-state index contributed by atoms with van der Waals surface area (Å²) in [4.78, 5) is 16.5. The van der Waals surface area contributed by atoms with E-state index in [-0.39, 0.29) is 11.8 Å². The van der Waals surface area contributed by atoms with Crippen molar-refractivity contribution in [2.24, 2.45) is 5.92 Å². The van der Waals surface area contributed by atoms with Crippen LogP contribution in [-0.2, 0) is 17.6 Å². The van der Waals surface area contributed by atoms with Gasteiger partial charge in [-0.15, -0.1) is 0 Å². The highest BCUT2D eigenvalue weighted by Gasteiger charge is 2.24. The third-order valence-electron chi connectivity index (χ3n) is 3.70. The van der Waals surface area contributed by atoms with Crippen LogP contribution in [-0.4, -0.2) is 10.9 Å².